The summed E-state index contributed by atoms with van der Waals surface area (Å²) in [6.45, 7) is 0.304. The van der Waals surface area contributed by atoms with Crippen molar-refractivity contribution in [2.24, 2.45) is 0 Å². The molecule has 0 amide bonds. The average Bonchev–Trinajstić information content (AvgIpc) is 1.86. The predicted molar refractivity (Wildman–Crippen MR) is 16.8 cm³/mol. The molecule has 0 spiro atoms. The maximum Gasteiger partial charge on any atom is 0.146 e. The van der Waals surface area contributed by atoms with E-state index in [-0.39, 0.29) is 0 Å². The van der Waals surface area contributed by atoms with Gasteiger partial charge in [0.05, 0.1) is 14.6 Å². The summed E-state index contributed by atoms with van der Waals surface area (Å²) in [6.07, 6.45) is 0. The minimum Gasteiger partial charge on any atom is -0.353 e. The molecule has 2 heteroatoms. The van der Waals surface area contributed by atoms with Gasteiger partial charge in [-0.3, -0.25) is 0 Å². The van der Waals surface area contributed by atoms with E-state index < -0.39 is 6.58 Å². The first kappa shape index (κ1) is 2.16. The Morgan fingerprint density at radius 3 is 2.80 bits per heavy atom. The molecule has 0 radical (unpaired) electrons. The molecule has 0 saturated carbocycles. The Kier molecular flexibility index (Phi) is 0.596. The summed E-state index contributed by atoms with van der Waals surface area (Å²) in [5.41, 5.74) is 0. The van der Waals surface area contributed by atoms with Crippen LogP contribution in [0.25, 0.3) is 0 Å². The van der Waals surface area contributed by atoms with Gasteiger partial charge >= 0.3 is 0 Å². The quantitative estimate of drug-likeness (QED) is 0.403. The summed E-state index contributed by atoms with van der Waals surface area (Å²) in [5.74, 6) is 0. The van der Waals surface area contributed by atoms with Crippen molar-refractivity contribution in [2.75, 3.05) is 20.0 Å². The van der Waals surface area contributed by atoms with Crippen LogP contribution in [-0.2, 0) is 9.47 Å². The zero-order valence-electron chi connectivity index (χ0n) is 3.81. The highest BCUT2D eigenvalue weighted by atomic mass is 16.7. The van der Waals surface area contributed by atoms with Crippen LogP contribution in [0.5, 0.6) is 0 Å². The third kappa shape index (κ3) is 0.597. The second kappa shape index (κ2) is 1.38. The van der Waals surface area contributed by atoms with Crippen LogP contribution in [0.1, 0.15) is 1.37 Å². The molecule has 1 aliphatic rings. The van der Waals surface area contributed by atoms with Crippen molar-refractivity contribution < 1.29 is 10.8 Å². The maximum atomic E-state index is 6.78. The van der Waals surface area contributed by atoms with E-state index >= 15 is 0 Å². The zero-order valence-corrected chi connectivity index (χ0v) is 2.81. The van der Waals surface area contributed by atoms with Gasteiger partial charge in [-0.25, -0.2) is 0 Å². The van der Waals surface area contributed by atoms with Gasteiger partial charge in [0.25, 0.3) is 0 Å². The van der Waals surface area contributed by atoms with Crippen LogP contribution in [0.4, 0.5) is 0 Å². The molecule has 0 N–H and O–H groups in total. The lowest BCUT2D eigenvalue weighted by Gasteiger charge is -1.76. The molecule has 1 unspecified atom stereocenters. The SMILES string of the molecule is [2H]C1COCO1. The summed E-state index contributed by atoms with van der Waals surface area (Å²) in [6, 6.07) is 0. The Balaban J connectivity index is 2.18. The molecular formula is C3H6O2. The smallest absolute Gasteiger partial charge is 0.146 e. The van der Waals surface area contributed by atoms with Crippen molar-refractivity contribution in [3.05, 3.63) is 0 Å². The molecule has 2 nitrogen and oxygen atoms in total. The average molecular weight is 75.1 g/mol. The lowest BCUT2D eigenvalue weighted by molar-refractivity contribution is 0.0692. The fraction of sp³-hybridized carbons (Fsp3) is 1.00. The van der Waals surface area contributed by atoms with Crippen molar-refractivity contribution in [1.82, 2.24) is 0 Å². The van der Waals surface area contributed by atoms with E-state index in [1.54, 1.807) is 0 Å². The predicted octanol–water partition coefficient (Wildman–Crippen LogP) is -0.00930. The maximum absolute atomic E-state index is 6.78. The fourth-order valence-corrected chi connectivity index (χ4v) is 0.241. The van der Waals surface area contributed by atoms with Gasteiger partial charge in [0.1, 0.15) is 6.79 Å². The molecule has 1 fully saturated rings. The van der Waals surface area contributed by atoms with Crippen LogP contribution in [-0.4, -0.2) is 20.0 Å². The van der Waals surface area contributed by atoms with Gasteiger partial charge in [-0.05, 0) is 0 Å². The summed E-state index contributed by atoms with van der Waals surface area (Å²) in [5, 5.41) is 0. The molecule has 1 aliphatic heterocycles. The van der Waals surface area contributed by atoms with Crippen LogP contribution in [0, 0.1) is 0 Å². The minimum atomic E-state index is -0.426. The van der Waals surface area contributed by atoms with Crippen molar-refractivity contribution in [2.45, 2.75) is 0 Å². The molecule has 0 aromatic rings. The van der Waals surface area contributed by atoms with Gasteiger partial charge in [0.2, 0.25) is 0 Å². The molecule has 1 atom stereocenters. The van der Waals surface area contributed by atoms with E-state index in [2.05, 4.69) is 9.47 Å². The number of rotatable bonds is 0. The Morgan fingerprint density at radius 2 is 2.60 bits per heavy atom. The monoisotopic (exact) mass is 75.0 g/mol. The van der Waals surface area contributed by atoms with E-state index in [1.807, 2.05) is 0 Å². The third-order valence-corrected chi connectivity index (χ3v) is 0.455. The molecular weight excluding hydrogens is 68.0 g/mol. The molecule has 5 heavy (non-hydrogen) atoms. The van der Waals surface area contributed by atoms with E-state index in [0.29, 0.717) is 13.4 Å². The van der Waals surface area contributed by atoms with Crippen LogP contribution in [0.2, 0.25) is 0 Å². The van der Waals surface area contributed by atoms with E-state index in [4.69, 9.17) is 1.37 Å². The van der Waals surface area contributed by atoms with Crippen LogP contribution in [0.3, 0.4) is 0 Å². The largest absolute Gasteiger partial charge is 0.353 e. The number of hydrogen-bond acceptors (Lipinski definition) is 2. The van der Waals surface area contributed by atoms with Gasteiger partial charge in [-0.2, -0.15) is 0 Å². The summed E-state index contributed by atoms with van der Waals surface area (Å²) >= 11 is 0. The number of ether oxygens (including phenoxy) is 2. The van der Waals surface area contributed by atoms with Gasteiger partial charge < -0.3 is 9.47 Å². The highest BCUT2D eigenvalue weighted by molar-refractivity contribution is 4.28. The molecule has 1 saturated heterocycles. The van der Waals surface area contributed by atoms with Gasteiger partial charge in [0.15, 0.2) is 0 Å². The summed E-state index contributed by atoms with van der Waals surface area (Å²) in [7, 11) is 0. The van der Waals surface area contributed by atoms with Crippen molar-refractivity contribution in [3.63, 3.8) is 0 Å². The first-order valence-electron chi connectivity index (χ1n) is 2.09. The van der Waals surface area contributed by atoms with Crippen LogP contribution < -0.4 is 0 Å². The molecule has 0 aromatic heterocycles. The highest BCUT2D eigenvalue weighted by Gasteiger charge is 1.93. The minimum absolute atomic E-state index is 0.300. The van der Waals surface area contributed by atoms with Crippen molar-refractivity contribution >= 4 is 0 Å². The Bertz CT molecular complexity index is 42.1. The molecule has 1 rings (SSSR count). The second-order valence-corrected chi connectivity index (χ2v) is 0.822. The Hall–Kier alpha value is -0.0800. The lowest BCUT2D eigenvalue weighted by Crippen LogP contribution is -1.79. The molecule has 1 heterocycles. The van der Waals surface area contributed by atoms with Gasteiger partial charge in [0, 0.05) is 0 Å². The molecule has 0 bridgehead atoms. The van der Waals surface area contributed by atoms with Crippen molar-refractivity contribution in [1.29, 1.82) is 0 Å². The summed E-state index contributed by atoms with van der Waals surface area (Å²) in [4.78, 5) is 0. The summed E-state index contributed by atoms with van der Waals surface area (Å²) < 4.78 is 16.0. The van der Waals surface area contributed by atoms with E-state index in [9.17, 15) is 0 Å². The fourth-order valence-electron chi connectivity index (χ4n) is 0.241. The highest BCUT2D eigenvalue weighted by Crippen LogP contribution is 1.85. The zero-order chi connectivity index (χ0) is 4.41. The Morgan fingerprint density at radius 1 is 1.60 bits per heavy atom. The standard InChI is InChI=1S/C3H6O2/c1-2-5-3-4-1/h1-3H2/i1D. The Labute approximate surface area is 32.1 Å². The van der Waals surface area contributed by atoms with Crippen LogP contribution >= 0.6 is 0 Å². The third-order valence-electron chi connectivity index (χ3n) is 0.455. The molecule has 0 aromatic carbocycles. The normalized spacial score (nSPS) is 41.6. The molecule has 0 aliphatic carbocycles. The number of hydrogen-bond donors (Lipinski definition) is 0. The molecule has 30 valence electrons. The second-order valence-electron chi connectivity index (χ2n) is 0.822. The van der Waals surface area contributed by atoms with Gasteiger partial charge in [-0.1, -0.05) is 0 Å². The first-order chi connectivity index (χ1) is 2.89. The first-order valence-corrected chi connectivity index (χ1v) is 1.51. The van der Waals surface area contributed by atoms with Gasteiger partial charge in [-0.15, -0.1) is 0 Å². The van der Waals surface area contributed by atoms with E-state index in [1.165, 1.54) is 0 Å². The van der Waals surface area contributed by atoms with Crippen LogP contribution in [0.15, 0.2) is 0 Å². The van der Waals surface area contributed by atoms with Crippen molar-refractivity contribution in [3.8, 4) is 0 Å². The van der Waals surface area contributed by atoms with E-state index in [0.717, 1.165) is 0 Å². The topological polar surface area (TPSA) is 18.5 Å². The lowest BCUT2D eigenvalue weighted by atomic mass is 10.8.